The maximum atomic E-state index is 12.9. The molecular formula is C57H98O9. The van der Waals surface area contributed by atoms with Crippen LogP contribution >= 0.6 is 0 Å². The quantitative estimate of drug-likeness (QED) is 0.0193. The lowest BCUT2D eigenvalue weighted by Crippen LogP contribution is -2.30. The molecule has 0 spiro atoms. The highest BCUT2D eigenvalue weighted by molar-refractivity contribution is 5.71. The van der Waals surface area contributed by atoms with Crippen molar-refractivity contribution in [3.05, 3.63) is 36.5 Å². The molecule has 9 nitrogen and oxygen atoms in total. The van der Waals surface area contributed by atoms with Crippen LogP contribution in [0.2, 0.25) is 0 Å². The molecule has 0 amide bonds. The molecule has 66 heavy (non-hydrogen) atoms. The molecule has 3 heterocycles. The van der Waals surface area contributed by atoms with Gasteiger partial charge in [0.15, 0.2) is 6.10 Å². The van der Waals surface area contributed by atoms with Gasteiger partial charge in [0.2, 0.25) is 0 Å². The average Bonchev–Trinajstić information content (AvgIpc) is 4.26. The Morgan fingerprint density at radius 3 is 1.05 bits per heavy atom. The van der Waals surface area contributed by atoms with Crippen molar-refractivity contribution in [2.45, 2.75) is 295 Å². The van der Waals surface area contributed by atoms with Crippen molar-refractivity contribution >= 4 is 17.9 Å². The number of esters is 3. The van der Waals surface area contributed by atoms with Crippen LogP contribution in [0.1, 0.15) is 252 Å². The van der Waals surface area contributed by atoms with Gasteiger partial charge in [-0.2, -0.15) is 0 Å². The highest BCUT2D eigenvalue weighted by atomic mass is 16.6. The van der Waals surface area contributed by atoms with Crippen molar-refractivity contribution in [1.29, 1.82) is 0 Å². The molecule has 0 radical (unpaired) electrons. The highest BCUT2D eigenvalue weighted by Gasteiger charge is 2.37. The number of epoxide rings is 3. The van der Waals surface area contributed by atoms with E-state index in [4.69, 9.17) is 28.4 Å². The first-order chi connectivity index (χ1) is 32.4. The van der Waals surface area contributed by atoms with Gasteiger partial charge in [0.1, 0.15) is 13.2 Å². The summed E-state index contributed by atoms with van der Waals surface area (Å²) in [5, 5.41) is 0. The molecule has 3 saturated heterocycles. The van der Waals surface area contributed by atoms with E-state index < -0.39 is 6.10 Å². The summed E-state index contributed by atoms with van der Waals surface area (Å²) in [7, 11) is 0. The maximum Gasteiger partial charge on any atom is 0.306 e. The Balaban J connectivity index is 1.22. The third kappa shape index (κ3) is 32.3. The second-order valence-corrected chi connectivity index (χ2v) is 19.6. The minimum atomic E-state index is -0.803. The number of ether oxygens (including phenoxy) is 6. The van der Waals surface area contributed by atoms with Crippen LogP contribution in [0.3, 0.4) is 0 Å². The first-order valence-electron chi connectivity index (χ1n) is 27.8. The molecule has 0 bridgehead atoms. The van der Waals surface area contributed by atoms with Crippen LogP contribution in [0.25, 0.3) is 0 Å². The van der Waals surface area contributed by atoms with Gasteiger partial charge in [-0.1, -0.05) is 173 Å². The van der Waals surface area contributed by atoms with Gasteiger partial charge < -0.3 is 28.4 Å². The highest BCUT2D eigenvalue weighted by Crippen LogP contribution is 2.32. The second kappa shape index (κ2) is 39.4. The van der Waals surface area contributed by atoms with Crippen molar-refractivity contribution < 1.29 is 42.8 Å². The van der Waals surface area contributed by atoms with Crippen LogP contribution in [-0.2, 0) is 42.8 Å². The van der Waals surface area contributed by atoms with Crippen LogP contribution in [-0.4, -0.2) is 73.8 Å². The van der Waals surface area contributed by atoms with Crippen molar-refractivity contribution in [2.24, 2.45) is 0 Å². The average molecular weight is 927 g/mol. The zero-order valence-corrected chi connectivity index (χ0v) is 42.5. The molecule has 7 atom stereocenters. The molecule has 0 aromatic rings. The fourth-order valence-electron chi connectivity index (χ4n) is 8.82. The molecule has 0 aromatic heterocycles. The Morgan fingerprint density at radius 1 is 0.379 bits per heavy atom. The summed E-state index contributed by atoms with van der Waals surface area (Å²) >= 11 is 0. The molecule has 9 heteroatoms. The van der Waals surface area contributed by atoms with Gasteiger partial charge in [0.05, 0.1) is 36.6 Å². The molecule has 3 aliphatic heterocycles. The molecule has 3 fully saturated rings. The summed E-state index contributed by atoms with van der Waals surface area (Å²) in [5.41, 5.74) is 0. The number of allylic oxidation sites excluding steroid dienone is 3. The summed E-state index contributed by atoms with van der Waals surface area (Å²) in [6, 6.07) is 0. The molecule has 0 saturated carbocycles. The Labute approximate surface area is 403 Å². The zero-order chi connectivity index (χ0) is 47.1. The molecule has 1 unspecified atom stereocenters. The number of carbonyl (C=O) groups is 3. The van der Waals surface area contributed by atoms with E-state index in [9.17, 15) is 14.4 Å². The summed E-state index contributed by atoms with van der Waals surface area (Å²) in [5.74, 6) is -0.946. The van der Waals surface area contributed by atoms with E-state index in [0.29, 0.717) is 55.9 Å². The van der Waals surface area contributed by atoms with Crippen molar-refractivity contribution in [3.8, 4) is 0 Å². The van der Waals surface area contributed by atoms with Crippen LogP contribution in [0.5, 0.6) is 0 Å². The van der Waals surface area contributed by atoms with Crippen LogP contribution in [0, 0.1) is 0 Å². The summed E-state index contributed by atoms with van der Waals surface area (Å²) in [4.78, 5) is 38.2. The monoisotopic (exact) mass is 927 g/mol. The maximum absolute atomic E-state index is 12.9. The molecule has 0 N–H and O–H groups in total. The second-order valence-electron chi connectivity index (χ2n) is 19.6. The fourth-order valence-corrected chi connectivity index (χ4v) is 8.82. The van der Waals surface area contributed by atoms with E-state index in [-0.39, 0.29) is 31.1 Å². The Hall–Kier alpha value is -2.49. The molecule has 380 valence electrons. The molecule has 3 rings (SSSR count). The Bertz CT molecular complexity index is 1240. The van der Waals surface area contributed by atoms with Crippen LogP contribution in [0.15, 0.2) is 36.5 Å². The van der Waals surface area contributed by atoms with Gasteiger partial charge in [-0.3, -0.25) is 14.4 Å². The Morgan fingerprint density at radius 2 is 0.697 bits per heavy atom. The lowest BCUT2D eigenvalue weighted by molar-refractivity contribution is -0.167. The zero-order valence-electron chi connectivity index (χ0n) is 42.5. The van der Waals surface area contributed by atoms with Gasteiger partial charge in [0.25, 0.3) is 0 Å². The first kappa shape index (κ1) is 57.8. The topological polar surface area (TPSA) is 116 Å². The standard InChI is InChI=1S/C57H98O9/c1-4-7-28-37-49-52(64-49)40-31-22-16-10-13-19-25-34-43-55(58)61-46-48(63-57(60)45-36-27-21-15-12-18-24-33-42-54-51(66-54)39-30-9-6-3)47-62-56(59)44-35-26-20-14-11-17-23-32-41-53-50(65-53)38-29-8-5-2/h22-24,31-33,48-54H,4-21,25-30,34-47H2,1-3H3/b31-22-,32-23+,33-24-/t48?,49-,50+,51-,52+,53-,54+/m0/s1. The summed E-state index contributed by atoms with van der Waals surface area (Å²) in [6.07, 6.45) is 53.4. The lowest BCUT2D eigenvalue weighted by Gasteiger charge is -2.18. The summed E-state index contributed by atoms with van der Waals surface area (Å²) < 4.78 is 34.2. The molecular weight excluding hydrogens is 829 g/mol. The smallest absolute Gasteiger partial charge is 0.306 e. The van der Waals surface area contributed by atoms with E-state index in [1.807, 2.05) is 0 Å². The SMILES string of the molecule is CCCCC[C@@H]1O[C@@H]1C/C=C\CCCCCCCC(=O)OCC(COC(=O)CCCCCCC/C=C/C[C@@H]1O[C@@H]1CCCCC)OC(=O)CCCCCCC/C=C\C[C@H]1O[C@H]1CCCCC. The Kier molecular flexibility index (Phi) is 34.5. The van der Waals surface area contributed by atoms with Crippen molar-refractivity contribution in [2.75, 3.05) is 13.2 Å². The number of carbonyl (C=O) groups excluding carboxylic acids is 3. The van der Waals surface area contributed by atoms with Gasteiger partial charge in [-0.25, -0.2) is 0 Å². The fraction of sp³-hybridized carbons (Fsp3) is 0.842. The van der Waals surface area contributed by atoms with E-state index in [1.54, 1.807) is 0 Å². The number of hydrogen-bond acceptors (Lipinski definition) is 9. The van der Waals surface area contributed by atoms with Crippen molar-refractivity contribution in [1.82, 2.24) is 0 Å². The first-order valence-corrected chi connectivity index (χ1v) is 27.8. The lowest BCUT2D eigenvalue weighted by atomic mass is 10.1. The molecule has 0 aromatic carbocycles. The van der Waals surface area contributed by atoms with Gasteiger partial charge in [-0.05, 0) is 96.3 Å². The minimum Gasteiger partial charge on any atom is -0.462 e. The van der Waals surface area contributed by atoms with Gasteiger partial charge in [0, 0.05) is 19.3 Å². The van der Waals surface area contributed by atoms with Crippen LogP contribution < -0.4 is 0 Å². The molecule has 0 aliphatic carbocycles. The number of unbranched alkanes of at least 4 members (excludes halogenated alkanes) is 21. The van der Waals surface area contributed by atoms with E-state index in [2.05, 4.69) is 57.2 Å². The van der Waals surface area contributed by atoms with Gasteiger partial charge in [-0.15, -0.1) is 0 Å². The normalized spacial score (nSPS) is 21.5. The largest absolute Gasteiger partial charge is 0.462 e. The predicted molar refractivity (Wildman–Crippen MR) is 268 cm³/mol. The predicted octanol–water partition coefficient (Wildman–Crippen LogP) is 15.1. The minimum absolute atomic E-state index is 0.100. The van der Waals surface area contributed by atoms with E-state index in [1.165, 1.54) is 77.0 Å². The third-order valence-corrected chi connectivity index (χ3v) is 13.4. The number of hydrogen-bond donors (Lipinski definition) is 0. The third-order valence-electron chi connectivity index (χ3n) is 13.4. The number of rotatable bonds is 47. The van der Waals surface area contributed by atoms with E-state index in [0.717, 1.165) is 135 Å². The summed E-state index contributed by atoms with van der Waals surface area (Å²) in [6.45, 7) is 6.51. The van der Waals surface area contributed by atoms with E-state index >= 15 is 0 Å². The van der Waals surface area contributed by atoms with Crippen molar-refractivity contribution in [3.63, 3.8) is 0 Å². The molecule has 3 aliphatic rings. The van der Waals surface area contributed by atoms with Crippen LogP contribution in [0.4, 0.5) is 0 Å². The van der Waals surface area contributed by atoms with Gasteiger partial charge >= 0.3 is 17.9 Å².